The molecule has 0 saturated carbocycles. The first-order valence-corrected chi connectivity index (χ1v) is 7.25. The zero-order valence-electron chi connectivity index (χ0n) is 12.8. The summed E-state index contributed by atoms with van der Waals surface area (Å²) in [5, 5.41) is 8.86. The highest BCUT2D eigenvalue weighted by molar-refractivity contribution is 5.95. The average molecular weight is 293 g/mol. The van der Waals surface area contributed by atoms with Crippen LogP contribution in [0, 0.1) is 0 Å². The molecule has 0 spiro atoms. The molecule has 0 aliphatic rings. The molecular formula is C16H23NO4. The molecule has 5 nitrogen and oxygen atoms in total. The molecule has 0 bridgehead atoms. The Morgan fingerprint density at radius 1 is 1.24 bits per heavy atom. The van der Waals surface area contributed by atoms with Crippen LogP contribution in [0.25, 0.3) is 0 Å². The van der Waals surface area contributed by atoms with Crippen molar-refractivity contribution in [3.63, 3.8) is 0 Å². The molecule has 5 heteroatoms. The Bertz CT molecular complexity index is 470. The summed E-state index contributed by atoms with van der Waals surface area (Å²) in [7, 11) is 0. The minimum Gasteiger partial charge on any atom is -0.491 e. The molecule has 0 fully saturated rings. The van der Waals surface area contributed by atoms with Crippen molar-refractivity contribution < 1.29 is 19.4 Å². The number of carboxylic acid groups (broad SMARTS) is 1. The maximum atomic E-state index is 12.3. The van der Waals surface area contributed by atoms with Crippen molar-refractivity contribution in [2.24, 2.45) is 0 Å². The van der Waals surface area contributed by atoms with Gasteiger partial charge in [0, 0.05) is 12.1 Å². The average Bonchev–Trinajstić information content (AvgIpc) is 2.46. The third kappa shape index (κ3) is 5.45. The fourth-order valence-electron chi connectivity index (χ4n) is 1.86. The summed E-state index contributed by atoms with van der Waals surface area (Å²) in [6.07, 6.45) is 1.74. The molecule has 0 aliphatic carbocycles. The minimum absolute atomic E-state index is 0.121. The molecule has 1 N–H and O–H groups in total. The number of carbonyl (C=O) groups excluding carboxylic acids is 1. The van der Waals surface area contributed by atoms with Gasteiger partial charge >= 0.3 is 5.97 Å². The molecule has 1 aromatic rings. The topological polar surface area (TPSA) is 66.8 Å². The monoisotopic (exact) mass is 293 g/mol. The van der Waals surface area contributed by atoms with Crippen LogP contribution >= 0.6 is 0 Å². The minimum atomic E-state index is -1.01. The first kappa shape index (κ1) is 17.0. The van der Waals surface area contributed by atoms with E-state index in [1.54, 1.807) is 24.3 Å². The molecule has 1 aromatic carbocycles. The first-order valence-electron chi connectivity index (χ1n) is 7.25. The first-order chi connectivity index (χ1) is 9.97. The van der Waals surface area contributed by atoms with Gasteiger partial charge in [0.15, 0.2) is 0 Å². The van der Waals surface area contributed by atoms with Crippen LogP contribution < -0.4 is 4.74 Å². The van der Waals surface area contributed by atoms with Crippen molar-refractivity contribution in [1.82, 2.24) is 4.90 Å². The van der Waals surface area contributed by atoms with E-state index in [2.05, 4.69) is 0 Å². The lowest BCUT2D eigenvalue weighted by molar-refractivity contribution is -0.137. The Kier molecular flexibility index (Phi) is 6.72. The molecule has 0 saturated heterocycles. The Hall–Kier alpha value is -2.04. The maximum Gasteiger partial charge on any atom is 0.323 e. The van der Waals surface area contributed by atoms with Crippen molar-refractivity contribution >= 4 is 11.9 Å². The highest BCUT2D eigenvalue weighted by Crippen LogP contribution is 2.16. The van der Waals surface area contributed by atoms with Gasteiger partial charge in [-0.15, -0.1) is 0 Å². The Labute approximate surface area is 125 Å². The van der Waals surface area contributed by atoms with E-state index in [1.165, 1.54) is 4.90 Å². The second-order valence-corrected chi connectivity index (χ2v) is 4.98. The van der Waals surface area contributed by atoms with Gasteiger partial charge in [-0.3, -0.25) is 9.59 Å². The van der Waals surface area contributed by atoms with Crippen molar-refractivity contribution in [2.75, 3.05) is 13.1 Å². The zero-order chi connectivity index (χ0) is 15.8. The van der Waals surface area contributed by atoms with E-state index < -0.39 is 5.97 Å². The van der Waals surface area contributed by atoms with Gasteiger partial charge in [-0.1, -0.05) is 13.8 Å². The van der Waals surface area contributed by atoms with Crippen LogP contribution in [0.3, 0.4) is 0 Å². The fourth-order valence-corrected chi connectivity index (χ4v) is 1.86. The van der Waals surface area contributed by atoms with Gasteiger partial charge in [0.2, 0.25) is 0 Å². The van der Waals surface area contributed by atoms with Crippen LogP contribution in [0.1, 0.15) is 44.0 Å². The number of hydrogen-bond donors (Lipinski definition) is 1. The van der Waals surface area contributed by atoms with Gasteiger partial charge in [0.25, 0.3) is 5.91 Å². The van der Waals surface area contributed by atoms with Gasteiger partial charge in [-0.05, 0) is 44.0 Å². The van der Waals surface area contributed by atoms with Crippen molar-refractivity contribution in [3.05, 3.63) is 29.8 Å². The van der Waals surface area contributed by atoms with E-state index in [1.807, 2.05) is 20.8 Å². The number of amides is 1. The number of ether oxygens (including phenoxy) is 1. The Balaban J connectivity index is 2.78. The number of aliphatic carboxylic acids is 1. The quantitative estimate of drug-likeness (QED) is 0.800. The van der Waals surface area contributed by atoms with Crippen LogP contribution in [0.4, 0.5) is 0 Å². The lowest BCUT2D eigenvalue weighted by atomic mass is 10.2. The number of carboxylic acids is 1. The van der Waals surface area contributed by atoms with E-state index in [0.717, 1.165) is 6.42 Å². The van der Waals surface area contributed by atoms with Gasteiger partial charge in [-0.2, -0.15) is 0 Å². The molecule has 1 atom stereocenters. The molecule has 21 heavy (non-hydrogen) atoms. The van der Waals surface area contributed by atoms with E-state index in [0.29, 0.717) is 24.3 Å². The van der Waals surface area contributed by atoms with E-state index in [9.17, 15) is 9.59 Å². The Morgan fingerprint density at radius 2 is 1.86 bits per heavy atom. The zero-order valence-corrected chi connectivity index (χ0v) is 12.8. The van der Waals surface area contributed by atoms with Crippen LogP contribution in [-0.4, -0.2) is 41.1 Å². The highest BCUT2D eigenvalue weighted by atomic mass is 16.5. The maximum absolute atomic E-state index is 12.3. The summed E-state index contributed by atoms with van der Waals surface area (Å²) >= 11 is 0. The van der Waals surface area contributed by atoms with Crippen molar-refractivity contribution in [3.8, 4) is 5.75 Å². The standard InChI is InChI=1S/C16H23NO4/c1-4-10-17(11-15(18)19)16(20)13-6-8-14(9-7-13)21-12(3)5-2/h6-9,12H,4-5,10-11H2,1-3H3,(H,18,19). The van der Waals surface area contributed by atoms with Crippen LogP contribution in [0.5, 0.6) is 5.75 Å². The smallest absolute Gasteiger partial charge is 0.323 e. The molecule has 0 aliphatic heterocycles. The molecule has 116 valence electrons. The molecule has 0 aromatic heterocycles. The number of benzene rings is 1. The molecule has 1 rings (SSSR count). The second kappa shape index (κ2) is 8.29. The SMILES string of the molecule is CCCN(CC(=O)O)C(=O)c1ccc(OC(C)CC)cc1. The second-order valence-electron chi connectivity index (χ2n) is 4.98. The van der Waals surface area contributed by atoms with Crippen LogP contribution in [0.15, 0.2) is 24.3 Å². The van der Waals surface area contributed by atoms with E-state index >= 15 is 0 Å². The van der Waals surface area contributed by atoms with Gasteiger partial charge < -0.3 is 14.7 Å². The summed E-state index contributed by atoms with van der Waals surface area (Å²) in [5.74, 6) is -0.566. The van der Waals surface area contributed by atoms with Crippen molar-refractivity contribution in [2.45, 2.75) is 39.7 Å². The molecule has 1 unspecified atom stereocenters. The molecule has 0 heterocycles. The number of rotatable bonds is 8. The molecular weight excluding hydrogens is 270 g/mol. The molecule has 0 radical (unpaired) electrons. The van der Waals surface area contributed by atoms with Gasteiger partial charge in [0.05, 0.1) is 6.10 Å². The largest absolute Gasteiger partial charge is 0.491 e. The van der Waals surface area contributed by atoms with Crippen molar-refractivity contribution in [1.29, 1.82) is 0 Å². The fraction of sp³-hybridized carbons (Fsp3) is 0.500. The number of carbonyl (C=O) groups is 2. The van der Waals surface area contributed by atoms with Gasteiger partial charge in [-0.25, -0.2) is 0 Å². The van der Waals surface area contributed by atoms with Crippen LogP contribution in [-0.2, 0) is 4.79 Å². The van der Waals surface area contributed by atoms with E-state index in [4.69, 9.17) is 9.84 Å². The number of hydrogen-bond acceptors (Lipinski definition) is 3. The normalized spacial score (nSPS) is 11.8. The highest BCUT2D eigenvalue weighted by Gasteiger charge is 2.17. The van der Waals surface area contributed by atoms with Crippen LogP contribution in [0.2, 0.25) is 0 Å². The number of nitrogens with zero attached hydrogens (tertiary/aromatic N) is 1. The summed E-state index contributed by atoms with van der Waals surface area (Å²) in [6.45, 7) is 6.07. The predicted molar refractivity (Wildman–Crippen MR) is 80.7 cm³/mol. The third-order valence-electron chi connectivity index (χ3n) is 3.12. The molecule has 1 amide bonds. The summed E-state index contributed by atoms with van der Waals surface area (Å²) in [4.78, 5) is 24.4. The summed E-state index contributed by atoms with van der Waals surface area (Å²) in [5.41, 5.74) is 0.473. The Morgan fingerprint density at radius 3 is 2.33 bits per heavy atom. The lowest BCUT2D eigenvalue weighted by Crippen LogP contribution is -2.36. The van der Waals surface area contributed by atoms with Gasteiger partial charge in [0.1, 0.15) is 12.3 Å². The summed E-state index contributed by atoms with van der Waals surface area (Å²) < 4.78 is 5.65. The van der Waals surface area contributed by atoms with E-state index in [-0.39, 0.29) is 18.6 Å². The summed E-state index contributed by atoms with van der Waals surface area (Å²) in [6, 6.07) is 6.82. The third-order valence-corrected chi connectivity index (χ3v) is 3.12. The lowest BCUT2D eigenvalue weighted by Gasteiger charge is -2.20. The predicted octanol–water partition coefficient (Wildman–Crippen LogP) is 2.80.